The number of nitrogens with one attached hydrogen (secondary N) is 1. The van der Waals surface area contributed by atoms with Gasteiger partial charge in [-0.3, -0.25) is 4.68 Å². The van der Waals surface area contributed by atoms with Crippen LogP contribution < -0.4 is 5.32 Å². The molecule has 0 radical (unpaired) electrons. The Morgan fingerprint density at radius 1 is 1.59 bits per heavy atom. The maximum atomic E-state index is 9.76. The molecule has 4 nitrogen and oxygen atoms in total. The molecule has 17 heavy (non-hydrogen) atoms. The molecule has 0 aliphatic heterocycles. The van der Waals surface area contributed by atoms with Crippen molar-refractivity contribution in [3.8, 4) is 0 Å². The first-order valence-electron chi connectivity index (χ1n) is 6.22. The molecule has 2 rings (SSSR count). The lowest BCUT2D eigenvalue weighted by atomic mass is 10.2. The van der Waals surface area contributed by atoms with E-state index in [1.807, 2.05) is 11.7 Å². The molecule has 0 spiro atoms. The molecule has 1 aromatic rings. The van der Waals surface area contributed by atoms with Crippen LogP contribution in [0.25, 0.3) is 0 Å². The molecule has 1 fully saturated rings. The molecule has 0 aromatic carbocycles. The van der Waals surface area contributed by atoms with E-state index in [2.05, 4.69) is 33.3 Å². The summed E-state index contributed by atoms with van der Waals surface area (Å²) >= 11 is 3.58. The maximum Gasteiger partial charge on any atom is 0.0767 e. The van der Waals surface area contributed by atoms with E-state index in [0.717, 1.165) is 28.8 Å². The van der Waals surface area contributed by atoms with Crippen molar-refractivity contribution in [2.45, 2.75) is 38.8 Å². The summed E-state index contributed by atoms with van der Waals surface area (Å²) in [6.45, 7) is 3.51. The quantitative estimate of drug-likeness (QED) is 0.839. The molecular weight excluding hydrogens is 282 g/mol. The summed E-state index contributed by atoms with van der Waals surface area (Å²) in [6, 6.07) is 0. The van der Waals surface area contributed by atoms with Crippen LogP contribution in [-0.2, 0) is 20.0 Å². The van der Waals surface area contributed by atoms with Crippen molar-refractivity contribution in [2.24, 2.45) is 13.0 Å². The van der Waals surface area contributed by atoms with E-state index in [0.29, 0.717) is 12.5 Å². The average Bonchev–Trinajstić information content (AvgIpc) is 3.10. The molecule has 0 amide bonds. The smallest absolute Gasteiger partial charge is 0.0767 e. The third-order valence-electron chi connectivity index (χ3n) is 3.32. The Morgan fingerprint density at radius 2 is 2.29 bits per heavy atom. The second kappa shape index (κ2) is 5.50. The van der Waals surface area contributed by atoms with Crippen molar-refractivity contribution in [3.05, 3.63) is 15.9 Å². The highest BCUT2D eigenvalue weighted by atomic mass is 79.9. The highest BCUT2D eigenvalue weighted by molar-refractivity contribution is 9.10. The number of aliphatic hydroxyl groups excluding tert-OH is 1. The van der Waals surface area contributed by atoms with E-state index in [1.54, 1.807) is 0 Å². The Hall–Kier alpha value is -0.390. The first kappa shape index (κ1) is 13.1. The SMILES string of the molecule is CCc1nn(C)c(CNCC(O)C2CC2)c1Br. The van der Waals surface area contributed by atoms with Gasteiger partial charge in [0.15, 0.2) is 0 Å². The molecular formula is C12H20BrN3O. The van der Waals surface area contributed by atoms with Gasteiger partial charge in [0.2, 0.25) is 0 Å². The van der Waals surface area contributed by atoms with E-state index in [-0.39, 0.29) is 6.10 Å². The fourth-order valence-corrected chi connectivity index (χ4v) is 2.75. The standard InChI is InChI=1S/C12H20BrN3O/c1-3-9-12(13)10(16(2)15-9)6-14-7-11(17)8-4-5-8/h8,11,14,17H,3-7H2,1-2H3. The summed E-state index contributed by atoms with van der Waals surface area (Å²) in [6.07, 6.45) is 3.10. The minimum absolute atomic E-state index is 0.187. The van der Waals surface area contributed by atoms with Crippen LogP contribution in [0.4, 0.5) is 0 Å². The van der Waals surface area contributed by atoms with Gasteiger partial charge in [-0.2, -0.15) is 5.10 Å². The van der Waals surface area contributed by atoms with E-state index in [1.165, 1.54) is 12.8 Å². The minimum atomic E-state index is -0.187. The molecule has 96 valence electrons. The van der Waals surface area contributed by atoms with Crippen LogP contribution in [0.5, 0.6) is 0 Å². The lowest BCUT2D eigenvalue weighted by molar-refractivity contribution is 0.148. The Bertz CT molecular complexity index is 387. The topological polar surface area (TPSA) is 50.1 Å². The molecule has 5 heteroatoms. The summed E-state index contributed by atoms with van der Waals surface area (Å²) in [5, 5.41) is 17.5. The van der Waals surface area contributed by atoms with Crippen LogP contribution in [0.1, 0.15) is 31.2 Å². The highest BCUT2D eigenvalue weighted by Crippen LogP contribution is 2.32. The lowest BCUT2D eigenvalue weighted by Crippen LogP contribution is -2.28. The molecule has 0 saturated heterocycles. The Kier molecular flexibility index (Phi) is 4.22. The van der Waals surface area contributed by atoms with Gasteiger partial charge in [0, 0.05) is 20.1 Å². The zero-order chi connectivity index (χ0) is 12.4. The maximum absolute atomic E-state index is 9.76. The second-order valence-electron chi connectivity index (χ2n) is 4.72. The van der Waals surface area contributed by atoms with Crippen LogP contribution >= 0.6 is 15.9 Å². The molecule has 2 N–H and O–H groups in total. The molecule has 1 saturated carbocycles. The van der Waals surface area contributed by atoms with Crippen molar-refractivity contribution in [3.63, 3.8) is 0 Å². The zero-order valence-corrected chi connectivity index (χ0v) is 12.0. The number of rotatable bonds is 6. The summed E-state index contributed by atoms with van der Waals surface area (Å²) in [7, 11) is 1.96. The molecule has 0 bridgehead atoms. The van der Waals surface area contributed by atoms with Crippen molar-refractivity contribution in [2.75, 3.05) is 6.54 Å². The zero-order valence-electron chi connectivity index (χ0n) is 10.4. The molecule has 1 aliphatic rings. The number of aryl methyl sites for hydroxylation is 2. The molecule has 1 heterocycles. The number of aromatic nitrogens is 2. The van der Waals surface area contributed by atoms with Crippen LogP contribution in [0.3, 0.4) is 0 Å². The third-order valence-corrected chi connectivity index (χ3v) is 4.23. The van der Waals surface area contributed by atoms with Crippen molar-refractivity contribution in [1.29, 1.82) is 0 Å². The predicted octanol–water partition coefficient (Wildman–Crippen LogP) is 1.61. The van der Waals surface area contributed by atoms with Crippen molar-refractivity contribution < 1.29 is 5.11 Å². The Balaban J connectivity index is 1.87. The Morgan fingerprint density at radius 3 is 2.82 bits per heavy atom. The second-order valence-corrected chi connectivity index (χ2v) is 5.51. The first-order chi connectivity index (χ1) is 8.13. The summed E-state index contributed by atoms with van der Waals surface area (Å²) in [5.74, 6) is 0.531. The van der Waals surface area contributed by atoms with Crippen LogP contribution in [0, 0.1) is 5.92 Å². The Labute approximate surface area is 111 Å². The number of halogens is 1. The van der Waals surface area contributed by atoms with E-state index >= 15 is 0 Å². The summed E-state index contributed by atoms with van der Waals surface area (Å²) in [4.78, 5) is 0. The normalized spacial score (nSPS) is 17.4. The van der Waals surface area contributed by atoms with E-state index < -0.39 is 0 Å². The predicted molar refractivity (Wildman–Crippen MR) is 70.7 cm³/mol. The van der Waals surface area contributed by atoms with Crippen molar-refractivity contribution >= 4 is 15.9 Å². The number of aliphatic hydroxyl groups is 1. The van der Waals surface area contributed by atoms with Gasteiger partial charge in [-0.25, -0.2) is 0 Å². The van der Waals surface area contributed by atoms with Gasteiger partial charge in [0.1, 0.15) is 0 Å². The van der Waals surface area contributed by atoms with Crippen LogP contribution in [-0.4, -0.2) is 27.5 Å². The van der Waals surface area contributed by atoms with Gasteiger partial charge >= 0.3 is 0 Å². The molecule has 1 atom stereocenters. The molecule has 1 unspecified atom stereocenters. The van der Waals surface area contributed by atoms with Gasteiger partial charge in [0.05, 0.1) is 22.0 Å². The van der Waals surface area contributed by atoms with Crippen LogP contribution in [0.15, 0.2) is 4.47 Å². The molecule has 1 aromatic heterocycles. The first-order valence-corrected chi connectivity index (χ1v) is 7.01. The van der Waals surface area contributed by atoms with Gasteiger partial charge in [-0.15, -0.1) is 0 Å². The number of hydrogen-bond acceptors (Lipinski definition) is 3. The largest absolute Gasteiger partial charge is 0.392 e. The lowest BCUT2D eigenvalue weighted by Gasteiger charge is -2.10. The third kappa shape index (κ3) is 3.09. The highest BCUT2D eigenvalue weighted by Gasteiger charge is 2.29. The van der Waals surface area contributed by atoms with Gasteiger partial charge in [0.25, 0.3) is 0 Å². The molecule has 1 aliphatic carbocycles. The van der Waals surface area contributed by atoms with Gasteiger partial charge in [-0.1, -0.05) is 6.92 Å². The summed E-state index contributed by atoms with van der Waals surface area (Å²) in [5.41, 5.74) is 2.23. The fourth-order valence-electron chi connectivity index (χ4n) is 2.00. The number of hydrogen-bond donors (Lipinski definition) is 2. The number of nitrogens with zero attached hydrogens (tertiary/aromatic N) is 2. The van der Waals surface area contributed by atoms with E-state index in [4.69, 9.17) is 0 Å². The van der Waals surface area contributed by atoms with Gasteiger partial charge in [-0.05, 0) is 41.1 Å². The van der Waals surface area contributed by atoms with E-state index in [9.17, 15) is 5.11 Å². The van der Waals surface area contributed by atoms with Crippen molar-refractivity contribution in [1.82, 2.24) is 15.1 Å². The van der Waals surface area contributed by atoms with Gasteiger partial charge < -0.3 is 10.4 Å². The van der Waals surface area contributed by atoms with Crippen LogP contribution in [0.2, 0.25) is 0 Å². The average molecular weight is 302 g/mol. The minimum Gasteiger partial charge on any atom is -0.392 e. The fraction of sp³-hybridized carbons (Fsp3) is 0.750. The summed E-state index contributed by atoms with van der Waals surface area (Å²) < 4.78 is 3.00. The monoisotopic (exact) mass is 301 g/mol.